The molecule has 2 nitrogen and oxygen atoms in total. The van der Waals surface area contributed by atoms with Gasteiger partial charge in [0.2, 0.25) is 0 Å². The van der Waals surface area contributed by atoms with Gasteiger partial charge in [0.1, 0.15) is 0 Å². The number of fused-ring (bicyclic) bond motifs is 1. The van der Waals surface area contributed by atoms with E-state index in [4.69, 9.17) is 0 Å². The molecule has 1 fully saturated rings. The van der Waals surface area contributed by atoms with Gasteiger partial charge in [0, 0.05) is 0 Å². The monoisotopic (exact) mass is 286 g/mol. The Bertz CT molecular complexity index is 526. The van der Waals surface area contributed by atoms with Crippen LogP contribution in [0.3, 0.4) is 0 Å². The molecule has 3 unspecified atom stereocenters. The summed E-state index contributed by atoms with van der Waals surface area (Å²) in [4.78, 5) is 12.4. The van der Waals surface area contributed by atoms with Gasteiger partial charge in [-0.2, -0.15) is 0 Å². The number of hydrogen-bond donors (Lipinski definition) is 1. The Morgan fingerprint density at radius 3 is 2.48 bits per heavy atom. The normalized spacial score (nSPS) is 36.0. The molecule has 0 radical (unpaired) electrons. The number of carbonyl (C=O) groups is 1. The maximum Gasteiger partial charge on any atom is 0.314 e. The second kappa shape index (κ2) is 5.47. The predicted octanol–water partition coefficient (Wildman–Crippen LogP) is 4.42. The van der Waals surface area contributed by atoms with Gasteiger partial charge in [-0.1, -0.05) is 38.1 Å². The van der Waals surface area contributed by atoms with Gasteiger partial charge < -0.3 is 5.11 Å². The fraction of sp³-hybridized carbons (Fsp3) is 0.632. The number of carboxylic acids is 1. The molecule has 1 saturated carbocycles. The second-order valence-electron chi connectivity index (χ2n) is 7.40. The van der Waals surface area contributed by atoms with Crippen LogP contribution in [-0.4, -0.2) is 11.1 Å². The van der Waals surface area contributed by atoms with E-state index in [0.717, 1.165) is 37.7 Å². The zero-order valence-corrected chi connectivity index (χ0v) is 13.1. The molecule has 21 heavy (non-hydrogen) atoms. The summed E-state index contributed by atoms with van der Waals surface area (Å²) in [6.45, 7) is 4.57. The molecule has 0 heterocycles. The Labute approximate surface area is 127 Å². The lowest BCUT2D eigenvalue weighted by Crippen LogP contribution is -2.48. The van der Waals surface area contributed by atoms with E-state index in [-0.39, 0.29) is 5.92 Å². The lowest BCUT2D eigenvalue weighted by atomic mass is 9.57. The van der Waals surface area contributed by atoms with E-state index in [1.54, 1.807) is 0 Å². The number of benzene rings is 1. The minimum Gasteiger partial charge on any atom is -0.481 e. The Hall–Kier alpha value is -1.31. The summed E-state index contributed by atoms with van der Waals surface area (Å²) >= 11 is 0. The van der Waals surface area contributed by atoms with E-state index in [0.29, 0.717) is 11.8 Å². The van der Waals surface area contributed by atoms with Crippen molar-refractivity contribution in [3.05, 3.63) is 35.4 Å². The molecule has 1 aromatic carbocycles. The van der Waals surface area contributed by atoms with Gasteiger partial charge >= 0.3 is 5.97 Å². The van der Waals surface area contributed by atoms with E-state index in [1.807, 2.05) is 12.1 Å². The zero-order chi connectivity index (χ0) is 15.0. The molecule has 2 aliphatic carbocycles. The second-order valence-corrected chi connectivity index (χ2v) is 7.40. The molecule has 114 valence electrons. The first kappa shape index (κ1) is 14.6. The third-order valence-electron chi connectivity index (χ3n) is 5.77. The zero-order valence-electron chi connectivity index (χ0n) is 13.1. The Kier molecular flexibility index (Phi) is 3.81. The summed E-state index contributed by atoms with van der Waals surface area (Å²) in [6.07, 6.45) is 6.21. The van der Waals surface area contributed by atoms with Crippen LogP contribution in [0.5, 0.6) is 0 Å². The standard InChI is InChI=1S/C19H26O2/c1-13-10-14(2)12-16(11-13)19(18(20)21)9-5-7-15-6-3-4-8-17(15)19/h3-4,6,8,13-14,16H,5,7,9-12H2,1-2H3,(H,20,21). The highest BCUT2D eigenvalue weighted by Gasteiger charge is 2.50. The van der Waals surface area contributed by atoms with Gasteiger partial charge in [0.15, 0.2) is 0 Å². The van der Waals surface area contributed by atoms with Crippen LogP contribution in [0.25, 0.3) is 0 Å². The highest BCUT2D eigenvalue weighted by Crippen LogP contribution is 2.50. The van der Waals surface area contributed by atoms with Crippen LogP contribution in [0.2, 0.25) is 0 Å². The maximum atomic E-state index is 12.4. The molecule has 3 rings (SSSR count). The Balaban J connectivity index is 2.07. The molecule has 0 bridgehead atoms. The first-order chi connectivity index (χ1) is 10.0. The smallest absolute Gasteiger partial charge is 0.314 e. The van der Waals surface area contributed by atoms with Crippen LogP contribution in [0.15, 0.2) is 24.3 Å². The molecule has 0 aliphatic heterocycles. The van der Waals surface area contributed by atoms with Crippen LogP contribution < -0.4 is 0 Å². The number of carboxylic acid groups (broad SMARTS) is 1. The summed E-state index contributed by atoms with van der Waals surface area (Å²) in [5.74, 6) is 0.976. The van der Waals surface area contributed by atoms with E-state index in [9.17, 15) is 9.90 Å². The summed E-state index contributed by atoms with van der Waals surface area (Å²) in [5, 5.41) is 10.2. The van der Waals surface area contributed by atoms with Crippen LogP contribution in [0, 0.1) is 17.8 Å². The van der Waals surface area contributed by atoms with Crippen molar-refractivity contribution in [1.29, 1.82) is 0 Å². The summed E-state index contributed by atoms with van der Waals surface area (Å²) in [5.41, 5.74) is 1.73. The fourth-order valence-corrected chi connectivity index (χ4v) is 5.04. The summed E-state index contributed by atoms with van der Waals surface area (Å²) < 4.78 is 0. The lowest BCUT2D eigenvalue weighted by Gasteiger charge is -2.46. The first-order valence-corrected chi connectivity index (χ1v) is 8.36. The number of hydrogen-bond acceptors (Lipinski definition) is 1. The molecule has 2 heteroatoms. The van der Waals surface area contributed by atoms with Gasteiger partial charge in [0.05, 0.1) is 5.41 Å². The van der Waals surface area contributed by atoms with Crippen molar-refractivity contribution < 1.29 is 9.90 Å². The van der Waals surface area contributed by atoms with Crippen molar-refractivity contribution in [3.8, 4) is 0 Å². The van der Waals surface area contributed by atoms with Crippen molar-refractivity contribution >= 4 is 5.97 Å². The largest absolute Gasteiger partial charge is 0.481 e. The van der Waals surface area contributed by atoms with Gasteiger partial charge in [-0.05, 0) is 67.4 Å². The van der Waals surface area contributed by atoms with Crippen molar-refractivity contribution in [2.75, 3.05) is 0 Å². The number of rotatable bonds is 2. The van der Waals surface area contributed by atoms with Crippen LogP contribution in [0.4, 0.5) is 0 Å². The van der Waals surface area contributed by atoms with Crippen molar-refractivity contribution in [3.63, 3.8) is 0 Å². The van der Waals surface area contributed by atoms with Crippen LogP contribution in [-0.2, 0) is 16.6 Å². The average molecular weight is 286 g/mol. The molecule has 1 N–H and O–H groups in total. The molecule has 0 amide bonds. The minimum absolute atomic E-state index is 0.287. The first-order valence-electron chi connectivity index (χ1n) is 8.36. The molecular weight excluding hydrogens is 260 g/mol. The van der Waals surface area contributed by atoms with Gasteiger partial charge in [0.25, 0.3) is 0 Å². The summed E-state index contributed by atoms with van der Waals surface area (Å²) in [6, 6.07) is 8.26. The lowest BCUT2D eigenvalue weighted by molar-refractivity contribution is -0.148. The molecule has 0 spiro atoms. The number of aliphatic carboxylic acids is 1. The summed E-state index contributed by atoms with van der Waals surface area (Å²) in [7, 11) is 0. The predicted molar refractivity (Wildman–Crippen MR) is 84.4 cm³/mol. The Morgan fingerprint density at radius 2 is 1.81 bits per heavy atom. The quantitative estimate of drug-likeness (QED) is 0.874. The Morgan fingerprint density at radius 1 is 1.14 bits per heavy atom. The highest BCUT2D eigenvalue weighted by atomic mass is 16.4. The van der Waals surface area contributed by atoms with Crippen molar-refractivity contribution in [1.82, 2.24) is 0 Å². The highest BCUT2D eigenvalue weighted by molar-refractivity contribution is 5.83. The molecule has 2 aliphatic rings. The van der Waals surface area contributed by atoms with E-state index < -0.39 is 11.4 Å². The van der Waals surface area contributed by atoms with Crippen molar-refractivity contribution in [2.45, 2.75) is 57.8 Å². The van der Waals surface area contributed by atoms with Gasteiger partial charge in [-0.25, -0.2) is 0 Å². The van der Waals surface area contributed by atoms with Crippen LogP contribution in [0.1, 0.15) is 57.1 Å². The van der Waals surface area contributed by atoms with Gasteiger partial charge in [-0.3, -0.25) is 4.79 Å². The van der Waals surface area contributed by atoms with E-state index in [2.05, 4.69) is 26.0 Å². The average Bonchev–Trinajstić information content (AvgIpc) is 2.45. The van der Waals surface area contributed by atoms with E-state index in [1.165, 1.54) is 12.0 Å². The molecular formula is C19H26O2. The minimum atomic E-state index is -0.641. The fourth-order valence-electron chi connectivity index (χ4n) is 5.04. The molecule has 0 aromatic heterocycles. The maximum absolute atomic E-state index is 12.4. The van der Waals surface area contributed by atoms with Crippen LogP contribution >= 0.6 is 0 Å². The molecule has 1 aromatic rings. The molecule has 3 atom stereocenters. The molecule has 0 saturated heterocycles. The SMILES string of the molecule is CC1CC(C)CC(C2(C(=O)O)CCCc3ccccc32)C1. The topological polar surface area (TPSA) is 37.3 Å². The third-order valence-corrected chi connectivity index (χ3v) is 5.77. The third kappa shape index (κ3) is 2.39. The van der Waals surface area contributed by atoms with Crippen molar-refractivity contribution in [2.24, 2.45) is 17.8 Å². The number of aryl methyl sites for hydroxylation is 1. The van der Waals surface area contributed by atoms with E-state index >= 15 is 0 Å². The van der Waals surface area contributed by atoms with Gasteiger partial charge in [-0.15, -0.1) is 0 Å².